The van der Waals surface area contributed by atoms with Gasteiger partial charge in [-0.2, -0.15) is 0 Å². The highest BCUT2D eigenvalue weighted by atomic mass is 35.5. The maximum Gasteiger partial charge on any atom is 0.134 e. The Bertz CT molecular complexity index is 768. The third-order valence-corrected chi connectivity index (χ3v) is 5.63. The third kappa shape index (κ3) is 3.92. The number of benzene rings is 2. The van der Waals surface area contributed by atoms with Gasteiger partial charge in [-0.3, -0.25) is 0 Å². The Balaban J connectivity index is 0.000000447. The molecule has 2 atom stereocenters. The molecular weight excluding hydrogens is 342 g/mol. The van der Waals surface area contributed by atoms with Crippen molar-refractivity contribution in [1.82, 2.24) is 4.90 Å². The second-order valence-electron chi connectivity index (χ2n) is 8.25. The summed E-state index contributed by atoms with van der Waals surface area (Å²) in [6.45, 7) is 7.54. The van der Waals surface area contributed by atoms with Crippen LogP contribution in [0.3, 0.4) is 0 Å². The van der Waals surface area contributed by atoms with Crippen molar-refractivity contribution in [1.29, 1.82) is 0 Å². The third-order valence-electron chi connectivity index (χ3n) is 5.33. The van der Waals surface area contributed by atoms with Gasteiger partial charge in [-0.1, -0.05) is 56.6 Å². The predicted octanol–water partition coefficient (Wildman–Crippen LogP) is 5.64. The van der Waals surface area contributed by atoms with Crippen molar-refractivity contribution in [2.45, 2.75) is 52.0 Å². The molecule has 0 amide bonds. The fourth-order valence-electron chi connectivity index (χ4n) is 4.18. The van der Waals surface area contributed by atoms with Crippen LogP contribution < -0.4 is 0 Å². The molecule has 0 radical (unpaired) electrons. The first kappa shape index (κ1) is 19.3. The minimum atomic E-state index is 0.201. The van der Waals surface area contributed by atoms with Crippen molar-refractivity contribution in [3.63, 3.8) is 0 Å². The first-order chi connectivity index (χ1) is 12.4. The number of phenols is 1. The molecule has 140 valence electrons. The fourth-order valence-corrected chi connectivity index (χ4v) is 4.37. The number of aromatic hydroxyl groups is 1. The fraction of sp³-hybridized carbons (Fsp3) is 0.478. The van der Waals surface area contributed by atoms with Crippen LogP contribution in [0, 0.1) is 5.92 Å². The van der Waals surface area contributed by atoms with Crippen LogP contribution in [0.1, 0.15) is 55.4 Å². The standard InChI is InChI=1S/C19H20ClNO.C4H10/c1-21-9-8-13-10-16(20)18(22)11-15(13)19-14-5-3-2-4-12(14)6-7-17(19)21;1-4(2)3/h2-5,10-11,17,19,22H,6-9H2,1H3;4H,1-3H3/t17-,19+;/m0./s1. The molecule has 0 unspecified atom stereocenters. The normalized spacial score (nSPS) is 21.8. The van der Waals surface area contributed by atoms with Crippen LogP contribution in [0.5, 0.6) is 5.75 Å². The number of halogens is 1. The molecule has 26 heavy (non-hydrogen) atoms. The van der Waals surface area contributed by atoms with Gasteiger partial charge in [0.1, 0.15) is 5.75 Å². The van der Waals surface area contributed by atoms with E-state index in [1.165, 1.54) is 28.7 Å². The van der Waals surface area contributed by atoms with Crippen LogP contribution in [-0.4, -0.2) is 29.6 Å². The smallest absolute Gasteiger partial charge is 0.134 e. The zero-order valence-corrected chi connectivity index (χ0v) is 17.1. The molecule has 4 rings (SSSR count). The van der Waals surface area contributed by atoms with Crippen molar-refractivity contribution in [2.75, 3.05) is 13.6 Å². The maximum absolute atomic E-state index is 10.1. The van der Waals surface area contributed by atoms with Crippen molar-refractivity contribution in [2.24, 2.45) is 5.92 Å². The van der Waals surface area contributed by atoms with Gasteiger partial charge in [-0.05, 0) is 66.6 Å². The number of fused-ring (bicyclic) bond motifs is 5. The number of phenolic OH excluding ortho intramolecular Hbond substituents is 1. The minimum Gasteiger partial charge on any atom is -0.506 e. The topological polar surface area (TPSA) is 23.5 Å². The Labute approximate surface area is 162 Å². The van der Waals surface area contributed by atoms with Crippen LogP contribution in [-0.2, 0) is 12.8 Å². The van der Waals surface area contributed by atoms with Gasteiger partial charge in [-0.15, -0.1) is 0 Å². The van der Waals surface area contributed by atoms with Crippen LogP contribution in [0.15, 0.2) is 36.4 Å². The van der Waals surface area contributed by atoms with Gasteiger partial charge in [0.2, 0.25) is 0 Å². The molecule has 1 aliphatic heterocycles. The second kappa shape index (κ2) is 8.02. The highest BCUT2D eigenvalue weighted by molar-refractivity contribution is 6.32. The molecule has 0 bridgehead atoms. The van der Waals surface area contributed by atoms with E-state index >= 15 is 0 Å². The second-order valence-corrected chi connectivity index (χ2v) is 8.65. The van der Waals surface area contributed by atoms with Gasteiger partial charge < -0.3 is 10.0 Å². The first-order valence-electron chi connectivity index (χ1n) is 9.67. The van der Waals surface area contributed by atoms with Gasteiger partial charge in [0.25, 0.3) is 0 Å². The summed E-state index contributed by atoms with van der Waals surface area (Å²) in [5, 5.41) is 10.6. The Morgan fingerprint density at radius 1 is 1.04 bits per heavy atom. The summed E-state index contributed by atoms with van der Waals surface area (Å²) < 4.78 is 0. The molecule has 0 saturated heterocycles. The Morgan fingerprint density at radius 2 is 1.73 bits per heavy atom. The number of rotatable bonds is 0. The predicted molar refractivity (Wildman–Crippen MR) is 110 cm³/mol. The van der Waals surface area contributed by atoms with Crippen molar-refractivity contribution < 1.29 is 5.11 Å². The summed E-state index contributed by atoms with van der Waals surface area (Å²) in [6, 6.07) is 13.1. The van der Waals surface area contributed by atoms with E-state index in [-0.39, 0.29) is 5.75 Å². The number of hydrogen-bond acceptors (Lipinski definition) is 2. The van der Waals surface area contributed by atoms with Crippen LogP contribution in [0.25, 0.3) is 0 Å². The van der Waals surface area contributed by atoms with Crippen molar-refractivity contribution in [3.8, 4) is 5.75 Å². The number of aryl methyl sites for hydroxylation is 1. The average molecular weight is 372 g/mol. The van der Waals surface area contributed by atoms with Gasteiger partial charge in [0, 0.05) is 18.5 Å². The van der Waals surface area contributed by atoms with Crippen LogP contribution >= 0.6 is 11.6 Å². The van der Waals surface area contributed by atoms with Gasteiger partial charge >= 0.3 is 0 Å². The van der Waals surface area contributed by atoms with E-state index in [2.05, 4.69) is 57.0 Å². The van der Waals surface area contributed by atoms with Gasteiger partial charge in [0.15, 0.2) is 0 Å². The first-order valence-corrected chi connectivity index (χ1v) is 10.1. The lowest BCUT2D eigenvalue weighted by Gasteiger charge is -2.38. The zero-order chi connectivity index (χ0) is 18.8. The lowest BCUT2D eigenvalue weighted by atomic mass is 9.74. The Hall–Kier alpha value is -1.51. The maximum atomic E-state index is 10.1. The summed E-state index contributed by atoms with van der Waals surface area (Å²) in [4.78, 5) is 2.48. The highest BCUT2D eigenvalue weighted by Gasteiger charge is 2.36. The number of likely N-dealkylation sites (N-methyl/N-ethyl adjacent to an activating group) is 1. The van der Waals surface area contributed by atoms with Crippen LogP contribution in [0.2, 0.25) is 5.02 Å². The van der Waals surface area contributed by atoms with Crippen molar-refractivity contribution in [3.05, 3.63) is 63.7 Å². The summed E-state index contributed by atoms with van der Waals surface area (Å²) >= 11 is 6.15. The molecule has 2 nitrogen and oxygen atoms in total. The van der Waals surface area contributed by atoms with E-state index in [1.54, 1.807) is 0 Å². The average Bonchev–Trinajstić information content (AvgIpc) is 2.73. The summed E-state index contributed by atoms with van der Waals surface area (Å²) in [5.41, 5.74) is 5.39. The Morgan fingerprint density at radius 3 is 2.46 bits per heavy atom. The van der Waals surface area contributed by atoms with E-state index in [0.717, 1.165) is 25.3 Å². The van der Waals surface area contributed by atoms with E-state index in [1.807, 2.05) is 12.1 Å². The molecule has 0 fully saturated rings. The van der Waals surface area contributed by atoms with Crippen molar-refractivity contribution >= 4 is 11.6 Å². The molecule has 2 aromatic rings. The SMILES string of the molecule is CC(C)C.CN1CCc2cc(Cl)c(O)cc2[C@H]2c3ccccc3CC[C@@H]21. The molecule has 3 heteroatoms. The molecule has 1 heterocycles. The number of hydrogen-bond donors (Lipinski definition) is 1. The zero-order valence-electron chi connectivity index (χ0n) is 16.3. The van der Waals surface area contributed by atoms with E-state index in [4.69, 9.17) is 11.6 Å². The van der Waals surface area contributed by atoms with E-state index in [9.17, 15) is 5.11 Å². The molecule has 2 aliphatic rings. The molecular formula is C23H30ClNO. The lowest BCUT2D eigenvalue weighted by molar-refractivity contribution is 0.214. The molecule has 0 spiro atoms. The lowest BCUT2D eigenvalue weighted by Crippen LogP contribution is -2.39. The summed E-state index contributed by atoms with van der Waals surface area (Å²) in [5.74, 6) is 1.36. The summed E-state index contributed by atoms with van der Waals surface area (Å²) in [6.07, 6.45) is 3.29. The summed E-state index contributed by atoms with van der Waals surface area (Å²) in [7, 11) is 2.22. The monoisotopic (exact) mass is 371 g/mol. The highest BCUT2D eigenvalue weighted by Crippen LogP contribution is 2.44. The van der Waals surface area contributed by atoms with E-state index < -0.39 is 0 Å². The van der Waals surface area contributed by atoms with Gasteiger partial charge in [-0.25, -0.2) is 0 Å². The molecule has 2 aromatic carbocycles. The van der Waals surface area contributed by atoms with E-state index in [0.29, 0.717) is 17.0 Å². The molecule has 1 aliphatic carbocycles. The largest absolute Gasteiger partial charge is 0.506 e. The molecule has 0 saturated carbocycles. The Kier molecular flexibility index (Phi) is 5.94. The van der Waals surface area contributed by atoms with Gasteiger partial charge in [0.05, 0.1) is 5.02 Å². The van der Waals surface area contributed by atoms with Crippen LogP contribution in [0.4, 0.5) is 0 Å². The number of nitrogens with zero attached hydrogens (tertiary/aromatic N) is 1. The molecule has 0 aromatic heterocycles. The minimum absolute atomic E-state index is 0.201. The quantitative estimate of drug-likeness (QED) is 0.647. The molecule has 1 N–H and O–H groups in total.